The van der Waals surface area contributed by atoms with Crippen LogP contribution in [0.1, 0.15) is 30.0 Å². The number of aliphatic imine (C=N–C) groups is 1. The zero-order valence-electron chi connectivity index (χ0n) is 15.1. The average molecular weight is 394 g/mol. The maximum atomic E-state index is 13.1. The third-order valence-electron chi connectivity index (χ3n) is 5.13. The fourth-order valence-corrected chi connectivity index (χ4v) is 4.72. The third-order valence-corrected chi connectivity index (χ3v) is 6.18. The van der Waals surface area contributed by atoms with Crippen LogP contribution in [0.5, 0.6) is 0 Å². The van der Waals surface area contributed by atoms with Gasteiger partial charge in [0.1, 0.15) is 11.5 Å². The molecule has 0 radical (unpaired) electrons. The van der Waals surface area contributed by atoms with Gasteiger partial charge in [0, 0.05) is 35.1 Å². The molecule has 0 spiro atoms. The molecule has 1 amide bonds. The van der Waals surface area contributed by atoms with Gasteiger partial charge in [0.25, 0.3) is 0 Å². The van der Waals surface area contributed by atoms with Crippen LogP contribution in [-0.4, -0.2) is 37.7 Å². The lowest BCUT2D eigenvalue weighted by Crippen LogP contribution is -2.37. The minimum atomic E-state index is -0.290. The molecule has 142 valence electrons. The molecule has 2 aromatic heterocycles. The number of nitrogens with zero attached hydrogens (tertiary/aromatic N) is 3. The highest BCUT2D eigenvalue weighted by Crippen LogP contribution is 2.38. The molecule has 1 N–H and O–H groups in total. The molecule has 1 aliphatic carbocycles. The highest BCUT2D eigenvalue weighted by atomic mass is 32.2. The van der Waals surface area contributed by atoms with Gasteiger partial charge in [-0.15, -0.1) is 0 Å². The van der Waals surface area contributed by atoms with Crippen LogP contribution in [0.4, 0.5) is 4.39 Å². The molecule has 1 saturated carbocycles. The number of rotatable bonds is 4. The van der Waals surface area contributed by atoms with E-state index in [-0.39, 0.29) is 30.2 Å². The van der Waals surface area contributed by atoms with Crippen molar-refractivity contribution >= 4 is 33.9 Å². The van der Waals surface area contributed by atoms with Crippen LogP contribution < -0.4 is 0 Å². The minimum Gasteiger partial charge on any atom is -0.346 e. The molecule has 5 nitrogen and oxygen atoms in total. The second-order valence-electron chi connectivity index (χ2n) is 7.18. The molecule has 1 fully saturated rings. The zero-order valence-corrected chi connectivity index (χ0v) is 16.0. The average Bonchev–Trinajstić information content (AvgIpc) is 3.25. The number of hydrogen-bond acceptors (Lipinski definition) is 4. The maximum Gasteiger partial charge on any atom is 0.233 e. The Morgan fingerprint density at radius 2 is 2.07 bits per heavy atom. The van der Waals surface area contributed by atoms with E-state index < -0.39 is 0 Å². The first-order valence-electron chi connectivity index (χ1n) is 9.38. The second-order valence-corrected chi connectivity index (χ2v) is 8.17. The van der Waals surface area contributed by atoms with Gasteiger partial charge in [0.05, 0.1) is 12.5 Å². The largest absolute Gasteiger partial charge is 0.346 e. The van der Waals surface area contributed by atoms with E-state index in [9.17, 15) is 9.18 Å². The van der Waals surface area contributed by atoms with Crippen molar-refractivity contribution in [2.24, 2.45) is 4.99 Å². The second kappa shape index (κ2) is 7.05. The van der Waals surface area contributed by atoms with Crippen molar-refractivity contribution in [2.75, 3.05) is 5.75 Å². The molecule has 3 aromatic rings. The summed E-state index contributed by atoms with van der Waals surface area (Å²) in [4.78, 5) is 27.3. The van der Waals surface area contributed by atoms with E-state index in [0.29, 0.717) is 0 Å². The van der Waals surface area contributed by atoms with E-state index in [1.165, 1.54) is 12.1 Å². The maximum absolute atomic E-state index is 13.1. The molecule has 5 rings (SSSR count). The van der Waals surface area contributed by atoms with Crippen LogP contribution in [0.2, 0.25) is 0 Å². The number of fused-ring (bicyclic) bond motifs is 1. The van der Waals surface area contributed by atoms with Gasteiger partial charge < -0.3 is 4.98 Å². The number of pyridine rings is 1. The van der Waals surface area contributed by atoms with Crippen molar-refractivity contribution in [3.63, 3.8) is 0 Å². The van der Waals surface area contributed by atoms with Crippen molar-refractivity contribution in [3.8, 4) is 0 Å². The summed E-state index contributed by atoms with van der Waals surface area (Å²) in [6, 6.07) is 10.4. The number of aromatic amines is 1. The van der Waals surface area contributed by atoms with E-state index >= 15 is 0 Å². The third kappa shape index (κ3) is 3.30. The number of aromatic nitrogens is 2. The minimum absolute atomic E-state index is 0.0119. The van der Waals surface area contributed by atoms with Gasteiger partial charge in [0.2, 0.25) is 5.91 Å². The standard InChI is InChI=1S/C21H19FN4OS/c22-14-5-3-13(4-6-14)10-19(27)26(15-7-8-15)21-25-18(12-28-21)17-11-24-20-16(17)2-1-9-23-20/h1-6,9,11,15,18H,7-8,10,12H2,(H,23,24). The van der Waals surface area contributed by atoms with Crippen molar-refractivity contribution in [3.05, 3.63) is 65.7 Å². The van der Waals surface area contributed by atoms with Crippen molar-refractivity contribution < 1.29 is 9.18 Å². The highest BCUT2D eigenvalue weighted by Gasteiger charge is 2.38. The molecule has 1 atom stereocenters. The van der Waals surface area contributed by atoms with Gasteiger partial charge in [-0.25, -0.2) is 9.37 Å². The van der Waals surface area contributed by atoms with E-state index in [1.54, 1.807) is 30.1 Å². The Morgan fingerprint density at radius 1 is 1.25 bits per heavy atom. The summed E-state index contributed by atoms with van der Waals surface area (Å²) in [5, 5.41) is 1.88. The van der Waals surface area contributed by atoms with E-state index in [0.717, 1.165) is 45.9 Å². The lowest BCUT2D eigenvalue weighted by Gasteiger charge is -2.21. The van der Waals surface area contributed by atoms with Gasteiger partial charge in [-0.1, -0.05) is 23.9 Å². The molecular formula is C21H19FN4OS. The molecule has 2 aliphatic rings. The van der Waals surface area contributed by atoms with Crippen molar-refractivity contribution in [1.29, 1.82) is 0 Å². The molecule has 0 bridgehead atoms. The number of nitrogens with one attached hydrogen (secondary N) is 1. The van der Waals surface area contributed by atoms with Crippen LogP contribution >= 0.6 is 11.8 Å². The molecule has 7 heteroatoms. The van der Waals surface area contributed by atoms with Gasteiger partial charge in [-0.2, -0.15) is 0 Å². The number of carbonyl (C=O) groups excluding carboxylic acids is 1. The summed E-state index contributed by atoms with van der Waals surface area (Å²) in [5.41, 5.74) is 2.80. The summed E-state index contributed by atoms with van der Waals surface area (Å²) < 4.78 is 13.1. The monoisotopic (exact) mass is 394 g/mol. The number of carbonyl (C=O) groups is 1. The number of amidine groups is 1. The summed E-state index contributed by atoms with van der Waals surface area (Å²) in [6.45, 7) is 0. The molecule has 0 saturated heterocycles. The van der Waals surface area contributed by atoms with Crippen LogP contribution in [0.3, 0.4) is 0 Å². The van der Waals surface area contributed by atoms with Crippen LogP contribution in [0.25, 0.3) is 11.0 Å². The first kappa shape index (κ1) is 17.4. The lowest BCUT2D eigenvalue weighted by atomic mass is 10.1. The predicted molar refractivity (Wildman–Crippen MR) is 109 cm³/mol. The number of hydrogen-bond donors (Lipinski definition) is 1. The summed E-state index contributed by atoms with van der Waals surface area (Å²) >= 11 is 1.64. The SMILES string of the molecule is O=C(Cc1ccc(F)cc1)N(C1=NC(c2c[nH]c3ncccc23)CS1)C1CC1. The summed E-state index contributed by atoms with van der Waals surface area (Å²) in [5.74, 6) is 0.549. The normalized spacial score (nSPS) is 19.0. The van der Waals surface area contributed by atoms with E-state index in [1.807, 2.05) is 23.2 Å². The first-order valence-corrected chi connectivity index (χ1v) is 10.4. The van der Waals surface area contributed by atoms with Crippen LogP contribution in [0.15, 0.2) is 53.8 Å². The smallest absolute Gasteiger partial charge is 0.233 e. The number of benzene rings is 1. The highest BCUT2D eigenvalue weighted by molar-refractivity contribution is 8.14. The van der Waals surface area contributed by atoms with Gasteiger partial charge >= 0.3 is 0 Å². The van der Waals surface area contributed by atoms with E-state index in [4.69, 9.17) is 4.99 Å². The number of amides is 1. The molecular weight excluding hydrogens is 375 g/mol. The van der Waals surface area contributed by atoms with Crippen LogP contribution in [0, 0.1) is 5.82 Å². The van der Waals surface area contributed by atoms with Crippen molar-refractivity contribution in [1.82, 2.24) is 14.9 Å². The molecule has 1 aromatic carbocycles. The molecule has 3 heterocycles. The number of thioether (sulfide) groups is 1. The topological polar surface area (TPSA) is 61.4 Å². The van der Waals surface area contributed by atoms with Gasteiger partial charge in [0.15, 0.2) is 5.17 Å². The summed E-state index contributed by atoms with van der Waals surface area (Å²) in [6.07, 6.45) is 6.02. The fraction of sp³-hybridized carbons (Fsp3) is 0.286. The Balaban J connectivity index is 1.39. The number of halogens is 1. The Bertz CT molecular complexity index is 1060. The summed E-state index contributed by atoms with van der Waals surface area (Å²) in [7, 11) is 0. The Labute approximate surface area is 166 Å². The van der Waals surface area contributed by atoms with Gasteiger partial charge in [-0.3, -0.25) is 14.7 Å². The van der Waals surface area contributed by atoms with E-state index in [2.05, 4.69) is 9.97 Å². The fourth-order valence-electron chi connectivity index (χ4n) is 3.57. The van der Waals surface area contributed by atoms with Crippen molar-refractivity contribution in [2.45, 2.75) is 31.3 Å². The Morgan fingerprint density at radius 3 is 2.86 bits per heavy atom. The Hall–Kier alpha value is -2.67. The van der Waals surface area contributed by atoms with Gasteiger partial charge in [-0.05, 0) is 42.7 Å². The number of H-pyrrole nitrogens is 1. The predicted octanol–water partition coefficient (Wildman–Crippen LogP) is 4.08. The van der Waals surface area contributed by atoms with Crippen LogP contribution in [-0.2, 0) is 11.2 Å². The zero-order chi connectivity index (χ0) is 19.1. The first-order chi connectivity index (χ1) is 13.7. The molecule has 1 aliphatic heterocycles. The molecule has 1 unspecified atom stereocenters. The quantitative estimate of drug-likeness (QED) is 0.725. The lowest BCUT2D eigenvalue weighted by molar-refractivity contribution is -0.126. The Kier molecular flexibility index (Phi) is 4.39. The molecule has 28 heavy (non-hydrogen) atoms.